The van der Waals surface area contributed by atoms with Crippen LogP contribution in [0.25, 0.3) is 0 Å². The second-order valence-electron chi connectivity index (χ2n) is 4.09. The van der Waals surface area contributed by atoms with Crippen LogP contribution >= 0.6 is 0 Å². The van der Waals surface area contributed by atoms with E-state index in [1.807, 2.05) is 35.1 Å². The molecule has 2 aromatic rings. The van der Waals surface area contributed by atoms with Gasteiger partial charge in [0.15, 0.2) is 0 Å². The first-order valence-corrected chi connectivity index (χ1v) is 6.08. The van der Waals surface area contributed by atoms with Gasteiger partial charge in [-0.25, -0.2) is 0 Å². The highest BCUT2D eigenvalue weighted by Gasteiger charge is 2.01. The number of benzene rings is 1. The van der Waals surface area contributed by atoms with Crippen LogP contribution in [0, 0.1) is 11.3 Å². The number of anilines is 1. The molecule has 92 valence electrons. The van der Waals surface area contributed by atoms with E-state index in [0.29, 0.717) is 5.56 Å². The van der Waals surface area contributed by atoms with Crippen molar-refractivity contribution in [3.05, 3.63) is 47.8 Å². The van der Waals surface area contributed by atoms with Crippen molar-refractivity contribution in [1.29, 1.82) is 5.26 Å². The van der Waals surface area contributed by atoms with Crippen LogP contribution in [0.1, 0.15) is 24.6 Å². The number of hydrogen-bond donors (Lipinski definition) is 1. The van der Waals surface area contributed by atoms with E-state index in [1.54, 1.807) is 6.07 Å². The largest absolute Gasteiger partial charge is 0.379 e. The van der Waals surface area contributed by atoms with Crippen molar-refractivity contribution in [3.63, 3.8) is 0 Å². The summed E-state index contributed by atoms with van der Waals surface area (Å²) in [7, 11) is 0. The summed E-state index contributed by atoms with van der Waals surface area (Å²) in [5.41, 5.74) is 2.78. The molecule has 0 aliphatic rings. The molecule has 0 saturated heterocycles. The minimum absolute atomic E-state index is 0.669. The van der Waals surface area contributed by atoms with E-state index in [-0.39, 0.29) is 0 Å². The van der Waals surface area contributed by atoms with Crippen molar-refractivity contribution in [2.45, 2.75) is 26.4 Å². The number of aryl methyl sites for hydroxylation is 1. The smallest absolute Gasteiger partial charge is 0.0992 e. The molecule has 0 aliphatic heterocycles. The van der Waals surface area contributed by atoms with E-state index < -0.39 is 0 Å². The molecule has 0 unspecified atom stereocenters. The van der Waals surface area contributed by atoms with Gasteiger partial charge in [-0.2, -0.15) is 10.4 Å². The van der Waals surface area contributed by atoms with Crippen LogP contribution in [0.4, 0.5) is 5.69 Å². The Morgan fingerprint density at radius 2 is 2.28 bits per heavy atom. The molecule has 0 saturated carbocycles. The van der Waals surface area contributed by atoms with Crippen LogP contribution < -0.4 is 5.32 Å². The Hall–Kier alpha value is -2.28. The molecule has 4 nitrogen and oxygen atoms in total. The van der Waals surface area contributed by atoms with Gasteiger partial charge in [0, 0.05) is 18.4 Å². The lowest BCUT2D eigenvalue weighted by Gasteiger charge is -2.09. The van der Waals surface area contributed by atoms with E-state index in [0.717, 1.165) is 30.9 Å². The zero-order chi connectivity index (χ0) is 12.8. The fourth-order valence-corrected chi connectivity index (χ4v) is 1.81. The molecule has 4 heteroatoms. The number of nitrogens with one attached hydrogen (secondary N) is 1. The first-order valence-electron chi connectivity index (χ1n) is 6.08. The zero-order valence-corrected chi connectivity index (χ0v) is 10.4. The first kappa shape index (κ1) is 12.2. The normalized spacial score (nSPS) is 10.0. The van der Waals surface area contributed by atoms with Gasteiger partial charge in [0.2, 0.25) is 0 Å². The molecule has 1 heterocycles. The van der Waals surface area contributed by atoms with Crippen LogP contribution in [-0.2, 0) is 13.1 Å². The second kappa shape index (κ2) is 5.87. The summed E-state index contributed by atoms with van der Waals surface area (Å²) in [5.74, 6) is 0. The summed E-state index contributed by atoms with van der Waals surface area (Å²) in [6.07, 6.45) is 2.89. The first-order chi connectivity index (χ1) is 8.83. The Labute approximate surface area is 107 Å². The van der Waals surface area contributed by atoms with Gasteiger partial charge in [-0.05, 0) is 30.7 Å². The molecule has 0 spiro atoms. The summed E-state index contributed by atoms with van der Waals surface area (Å²) in [6.45, 7) is 3.78. The number of aromatic nitrogens is 2. The summed E-state index contributed by atoms with van der Waals surface area (Å²) in [6, 6.07) is 11.6. The molecule has 1 aromatic heterocycles. The van der Waals surface area contributed by atoms with Crippen molar-refractivity contribution in [2.24, 2.45) is 0 Å². The zero-order valence-electron chi connectivity index (χ0n) is 10.4. The number of nitrogens with zero attached hydrogens (tertiary/aromatic N) is 3. The van der Waals surface area contributed by atoms with Gasteiger partial charge in [0.05, 0.1) is 23.9 Å². The fraction of sp³-hybridized carbons (Fsp3) is 0.286. The number of hydrogen-bond acceptors (Lipinski definition) is 3. The maximum absolute atomic E-state index is 8.84. The Bertz CT molecular complexity index is 551. The van der Waals surface area contributed by atoms with E-state index in [1.165, 1.54) is 0 Å². The van der Waals surface area contributed by atoms with Crippen LogP contribution in [0.2, 0.25) is 0 Å². The number of nitriles is 1. The van der Waals surface area contributed by atoms with Gasteiger partial charge >= 0.3 is 0 Å². The van der Waals surface area contributed by atoms with Gasteiger partial charge in [-0.3, -0.25) is 4.68 Å². The second-order valence-corrected chi connectivity index (χ2v) is 4.09. The van der Waals surface area contributed by atoms with E-state index >= 15 is 0 Å². The summed E-state index contributed by atoms with van der Waals surface area (Å²) < 4.78 is 2.00. The van der Waals surface area contributed by atoms with Crippen molar-refractivity contribution in [3.8, 4) is 6.07 Å². The third kappa shape index (κ3) is 2.89. The van der Waals surface area contributed by atoms with Gasteiger partial charge in [-0.15, -0.1) is 0 Å². The highest BCUT2D eigenvalue weighted by Crippen LogP contribution is 2.11. The summed E-state index contributed by atoms with van der Waals surface area (Å²) in [4.78, 5) is 0. The Kier molecular flexibility index (Phi) is 3.98. The minimum Gasteiger partial charge on any atom is -0.379 e. The molecule has 0 bridgehead atoms. The highest BCUT2D eigenvalue weighted by molar-refractivity contribution is 5.49. The topological polar surface area (TPSA) is 53.6 Å². The molecular formula is C14H16N4. The third-order valence-electron chi connectivity index (χ3n) is 2.71. The molecule has 0 radical (unpaired) electrons. The minimum atomic E-state index is 0.669. The molecule has 2 rings (SSSR count). The van der Waals surface area contributed by atoms with Crippen LogP contribution in [0.3, 0.4) is 0 Å². The van der Waals surface area contributed by atoms with Crippen LogP contribution in [-0.4, -0.2) is 9.78 Å². The van der Waals surface area contributed by atoms with E-state index in [2.05, 4.69) is 23.4 Å². The molecule has 18 heavy (non-hydrogen) atoms. The molecule has 0 atom stereocenters. The predicted octanol–water partition coefficient (Wildman–Crippen LogP) is 2.78. The van der Waals surface area contributed by atoms with Crippen molar-refractivity contribution < 1.29 is 0 Å². The van der Waals surface area contributed by atoms with E-state index in [4.69, 9.17) is 5.26 Å². The molecular weight excluding hydrogens is 224 g/mol. The number of rotatable bonds is 5. The summed E-state index contributed by atoms with van der Waals surface area (Å²) in [5, 5.41) is 16.4. The van der Waals surface area contributed by atoms with Gasteiger partial charge in [0.25, 0.3) is 0 Å². The lowest BCUT2D eigenvalue weighted by atomic mass is 10.2. The van der Waals surface area contributed by atoms with Gasteiger partial charge in [0.1, 0.15) is 0 Å². The Morgan fingerprint density at radius 1 is 1.39 bits per heavy atom. The van der Waals surface area contributed by atoms with Crippen molar-refractivity contribution in [2.75, 3.05) is 5.32 Å². The lowest BCUT2D eigenvalue weighted by Crippen LogP contribution is -2.08. The van der Waals surface area contributed by atoms with Gasteiger partial charge in [-0.1, -0.05) is 13.0 Å². The molecule has 0 fully saturated rings. The fourth-order valence-electron chi connectivity index (χ4n) is 1.81. The monoisotopic (exact) mass is 240 g/mol. The maximum atomic E-state index is 8.84. The standard InChI is InChI=1S/C14H16N4/c1-2-8-18-14(6-7-17-18)11-16-13-5-3-4-12(9-13)10-15/h3-7,9,16H,2,8,11H2,1H3. The van der Waals surface area contributed by atoms with Crippen LogP contribution in [0.5, 0.6) is 0 Å². The third-order valence-corrected chi connectivity index (χ3v) is 2.71. The summed E-state index contributed by atoms with van der Waals surface area (Å²) >= 11 is 0. The average Bonchev–Trinajstić information content (AvgIpc) is 2.85. The SMILES string of the molecule is CCCn1nccc1CNc1cccc(C#N)c1. The molecule has 0 amide bonds. The van der Waals surface area contributed by atoms with E-state index in [9.17, 15) is 0 Å². The molecule has 0 aliphatic carbocycles. The Balaban J connectivity index is 2.02. The quantitative estimate of drug-likeness (QED) is 0.874. The lowest BCUT2D eigenvalue weighted by molar-refractivity contribution is 0.578. The van der Waals surface area contributed by atoms with Gasteiger partial charge < -0.3 is 5.32 Å². The van der Waals surface area contributed by atoms with Crippen LogP contribution in [0.15, 0.2) is 36.5 Å². The molecule has 1 N–H and O–H groups in total. The van der Waals surface area contributed by atoms with Crippen molar-refractivity contribution in [1.82, 2.24) is 9.78 Å². The maximum Gasteiger partial charge on any atom is 0.0992 e. The average molecular weight is 240 g/mol. The molecule has 1 aromatic carbocycles. The highest BCUT2D eigenvalue weighted by atomic mass is 15.3. The Morgan fingerprint density at radius 3 is 3.06 bits per heavy atom. The predicted molar refractivity (Wildman–Crippen MR) is 71.0 cm³/mol. The van der Waals surface area contributed by atoms with Crippen molar-refractivity contribution >= 4 is 5.69 Å².